The molecule has 3 nitrogen and oxygen atoms in total. The summed E-state index contributed by atoms with van der Waals surface area (Å²) >= 11 is 0. The van der Waals surface area contributed by atoms with Gasteiger partial charge in [-0.1, -0.05) is 23.2 Å². The molecule has 0 saturated carbocycles. The Balaban J connectivity index is 0.00000128. The van der Waals surface area contributed by atoms with E-state index in [1.54, 1.807) is 6.20 Å². The molecule has 0 unspecified atom stereocenters. The van der Waals surface area contributed by atoms with Gasteiger partial charge in [0.2, 0.25) is 0 Å². The van der Waals surface area contributed by atoms with Crippen LogP contribution in [0.4, 0.5) is 11.6 Å². The van der Waals surface area contributed by atoms with Crippen LogP contribution in [0.25, 0.3) is 0 Å². The minimum absolute atomic E-state index is 0. The zero-order valence-corrected chi connectivity index (χ0v) is 11.3. The molecule has 2 rings (SSSR count). The summed E-state index contributed by atoms with van der Waals surface area (Å²) in [5.74, 6) is 0.867. The Bertz CT molecular complexity index is 431. The van der Waals surface area contributed by atoms with Crippen molar-refractivity contribution in [2.75, 3.05) is 5.32 Å². The highest BCUT2D eigenvalue weighted by Crippen LogP contribution is 2.09. The number of aryl methyl sites for hydroxylation is 1. The fourth-order valence-electron chi connectivity index (χ4n) is 1.41. The third-order valence-corrected chi connectivity index (χ3v) is 2.19. The smallest absolute Gasteiger partial charge is 0.396 e. The number of nitrogens with one attached hydrogen (secondary N) is 1. The molecule has 1 aromatic carbocycles. The molecule has 84 valence electrons. The lowest BCUT2D eigenvalue weighted by molar-refractivity contribution is -0.681. The minimum Gasteiger partial charge on any atom is -1.00 e. The standard InChI is InChI=1S/C12H13N3.HI/c1-2-15-10-6-9-13-12(15)14-11-7-4-3-5-8-11;/h3-10H,2H2,1H3;1H. The molecule has 4 heteroatoms. The molecule has 0 radical (unpaired) electrons. The summed E-state index contributed by atoms with van der Waals surface area (Å²) < 4.78 is 2.06. The van der Waals surface area contributed by atoms with Crippen LogP contribution in [0.15, 0.2) is 48.8 Å². The number of nitrogens with zero attached hydrogens (tertiary/aromatic N) is 2. The molecule has 2 aromatic rings. The van der Waals surface area contributed by atoms with Crippen LogP contribution >= 0.6 is 0 Å². The van der Waals surface area contributed by atoms with Crippen LogP contribution in [0.3, 0.4) is 0 Å². The number of para-hydroxylation sites is 1. The lowest BCUT2D eigenvalue weighted by Crippen LogP contribution is -3.00. The highest BCUT2D eigenvalue weighted by atomic mass is 127. The Morgan fingerprint density at radius 3 is 2.62 bits per heavy atom. The van der Waals surface area contributed by atoms with Crippen LogP contribution in [0.1, 0.15) is 6.92 Å². The van der Waals surface area contributed by atoms with Crippen molar-refractivity contribution in [1.82, 2.24) is 4.98 Å². The third kappa shape index (κ3) is 3.16. The van der Waals surface area contributed by atoms with Crippen molar-refractivity contribution in [1.29, 1.82) is 0 Å². The first-order valence-corrected chi connectivity index (χ1v) is 5.06. The van der Waals surface area contributed by atoms with E-state index >= 15 is 0 Å². The predicted molar refractivity (Wildman–Crippen MR) is 59.8 cm³/mol. The summed E-state index contributed by atoms with van der Waals surface area (Å²) in [7, 11) is 0. The molecular formula is C12H14IN3. The molecule has 0 aliphatic rings. The Kier molecular flexibility index (Phi) is 5.18. The first-order valence-electron chi connectivity index (χ1n) is 5.06. The second kappa shape index (κ2) is 6.42. The van der Waals surface area contributed by atoms with Crippen LogP contribution in [-0.4, -0.2) is 4.98 Å². The van der Waals surface area contributed by atoms with Gasteiger partial charge in [-0.25, -0.2) is 9.88 Å². The van der Waals surface area contributed by atoms with Gasteiger partial charge in [-0.3, -0.25) is 0 Å². The van der Waals surface area contributed by atoms with Gasteiger partial charge in [-0.2, -0.15) is 0 Å². The van der Waals surface area contributed by atoms with Gasteiger partial charge in [-0.15, -0.1) is 0 Å². The van der Waals surface area contributed by atoms with Crippen LogP contribution in [0, 0.1) is 0 Å². The average Bonchev–Trinajstić information content (AvgIpc) is 2.31. The number of hydrogen-bond donors (Lipinski definition) is 1. The lowest BCUT2D eigenvalue weighted by Gasteiger charge is -2.02. The van der Waals surface area contributed by atoms with Crippen LogP contribution in [-0.2, 0) is 6.54 Å². The molecular weight excluding hydrogens is 313 g/mol. The van der Waals surface area contributed by atoms with Gasteiger partial charge >= 0.3 is 5.95 Å². The molecule has 1 aromatic heterocycles. The Hall–Kier alpha value is -1.17. The van der Waals surface area contributed by atoms with Gasteiger partial charge in [0.1, 0.15) is 6.20 Å². The van der Waals surface area contributed by atoms with Crippen LogP contribution in [0.2, 0.25) is 0 Å². The summed E-state index contributed by atoms with van der Waals surface area (Å²) in [5.41, 5.74) is 1.05. The molecule has 1 N–H and O–H groups in total. The van der Waals surface area contributed by atoms with Crippen molar-refractivity contribution in [2.45, 2.75) is 13.5 Å². The zero-order valence-electron chi connectivity index (χ0n) is 9.10. The van der Waals surface area contributed by atoms with E-state index in [0.717, 1.165) is 18.2 Å². The van der Waals surface area contributed by atoms with Crippen molar-refractivity contribution in [3.8, 4) is 0 Å². The number of aromatic nitrogens is 2. The molecule has 0 aliphatic carbocycles. The van der Waals surface area contributed by atoms with E-state index in [4.69, 9.17) is 0 Å². The molecule has 0 bridgehead atoms. The van der Waals surface area contributed by atoms with Gasteiger partial charge in [-0.05, 0) is 19.1 Å². The first kappa shape index (κ1) is 12.9. The third-order valence-electron chi connectivity index (χ3n) is 2.19. The monoisotopic (exact) mass is 327 g/mol. The molecule has 0 atom stereocenters. The molecule has 0 spiro atoms. The summed E-state index contributed by atoms with van der Waals surface area (Å²) in [6.07, 6.45) is 3.80. The molecule has 0 aliphatic heterocycles. The van der Waals surface area contributed by atoms with E-state index in [1.165, 1.54) is 0 Å². The van der Waals surface area contributed by atoms with Gasteiger partial charge in [0, 0.05) is 6.07 Å². The van der Waals surface area contributed by atoms with E-state index in [2.05, 4.69) is 21.8 Å². The Morgan fingerprint density at radius 1 is 1.19 bits per heavy atom. The van der Waals surface area contributed by atoms with Gasteiger partial charge < -0.3 is 24.0 Å². The largest absolute Gasteiger partial charge is 1.00 e. The molecule has 16 heavy (non-hydrogen) atoms. The summed E-state index contributed by atoms with van der Waals surface area (Å²) in [4.78, 5) is 4.30. The van der Waals surface area contributed by atoms with E-state index in [-0.39, 0.29) is 24.0 Å². The van der Waals surface area contributed by atoms with Crippen molar-refractivity contribution in [3.63, 3.8) is 0 Å². The summed E-state index contributed by atoms with van der Waals surface area (Å²) in [5, 5.41) is 3.28. The number of halogens is 1. The Labute approximate surface area is 113 Å². The minimum atomic E-state index is 0. The number of benzene rings is 1. The van der Waals surface area contributed by atoms with Crippen molar-refractivity contribution in [2.24, 2.45) is 0 Å². The Morgan fingerprint density at radius 2 is 1.94 bits per heavy atom. The quantitative estimate of drug-likeness (QED) is 0.587. The predicted octanol–water partition coefficient (Wildman–Crippen LogP) is -0.863. The molecule has 0 amide bonds. The van der Waals surface area contributed by atoms with E-state index in [9.17, 15) is 0 Å². The fourth-order valence-corrected chi connectivity index (χ4v) is 1.41. The maximum atomic E-state index is 4.30. The fraction of sp³-hybridized carbons (Fsp3) is 0.167. The van der Waals surface area contributed by atoms with Crippen LogP contribution in [0.5, 0.6) is 0 Å². The molecule has 0 fully saturated rings. The van der Waals surface area contributed by atoms with E-state index in [0.29, 0.717) is 0 Å². The van der Waals surface area contributed by atoms with Gasteiger partial charge in [0.25, 0.3) is 0 Å². The maximum Gasteiger partial charge on any atom is 0.396 e. The maximum absolute atomic E-state index is 4.30. The summed E-state index contributed by atoms with van der Waals surface area (Å²) in [6, 6.07) is 12.0. The second-order valence-electron chi connectivity index (χ2n) is 3.22. The summed E-state index contributed by atoms with van der Waals surface area (Å²) in [6.45, 7) is 3.00. The van der Waals surface area contributed by atoms with E-state index in [1.807, 2.05) is 42.6 Å². The highest BCUT2D eigenvalue weighted by Gasteiger charge is 2.08. The van der Waals surface area contributed by atoms with Crippen molar-refractivity contribution < 1.29 is 28.5 Å². The van der Waals surface area contributed by atoms with Gasteiger partial charge in [0.05, 0.1) is 18.4 Å². The lowest BCUT2D eigenvalue weighted by atomic mass is 10.3. The number of hydrogen-bond acceptors (Lipinski definition) is 2. The first-order chi connectivity index (χ1) is 7.40. The molecule has 0 saturated heterocycles. The van der Waals surface area contributed by atoms with Crippen molar-refractivity contribution in [3.05, 3.63) is 48.8 Å². The van der Waals surface area contributed by atoms with Crippen LogP contribution < -0.4 is 33.9 Å². The SMILES string of the molecule is CC[n+]1cccnc1Nc1ccccc1.[I-]. The highest BCUT2D eigenvalue weighted by molar-refractivity contribution is 5.50. The second-order valence-corrected chi connectivity index (χ2v) is 3.22. The number of anilines is 2. The normalized spacial score (nSPS) is 9.31. The average molecular weight is 327 g/mol. The van der Waals surface area contributed by atoms with Crippen molar-refractivity contribution >= 4 is 11.6 Å². The molecule has 1 heterocycles. The topological polar surface area (TPSA) is 28.8 Å². The number of rotatable bonds is 3. The van der Waals surface area contributed by atoms with Gasteiger partial charge in [0.15, 0.2) is 0 Å². The van der Waals surface area contributed by atoms with E-state index < -0.39 is 0 Å². The zero-order chi connectivity index (χ0) is 10.5.